The lowest BCUT2D eigenvalue weighted by Crippen LogP contribution is -2.42. The number of carbonyl (C=O) groups excluding carboxylic acids is 1. The molecule has 1 amide bonds. The Bertz CT molecular complexity index is 433. The average molecular weight is 261 g/mol. The Morgan fingerprint density at radius 1 is 1.37 bits per heavy atom. The highest BCUT2D eigenvalue weighted by Gasteiger charge is 2.39. The van der Waals surface area contributed by atoms with Gasteiger partial charge in [0.25, 0.3) is 5.91 Å². The van der Waals surface area contributed by atoms with Gasteiger partial charge in [-0.15, -0.1) is 0 Å². The van der Waals surface area contributed by atoms with Crippen molar-refractivity contribution in [1.29, 1.82) is 0 Å². The fraction of sp³-hybridized carbons (Fsp3) is 0.562. The number of benzene rings is 1. The maximum Gasteiger partial charge on any atom is 0.251 e. The number of amides is 1. The molecule has 0 saturated heterocycles. The van der Waals surface area contributed by atoms with Crippen LogP contribution < -0.4 is 5.32 Å². The first-order valence-corrected chi connectivity index (χ1v) is 7.12. The zero-order valence-electron chi connectivity index (χ0n) is 11.8. The number of hydrogen-bond acceptors (Lipinski definition) is 2. The van der Waals surface area contributed by atoms with Crippen molar-refractivity contribution >= 4 is 5.91 Å². The van der Waals surface area contributed by atoms with Crippen molar-refractivity contribution in [3.05, 3.63) is 35.4 Å². The maximum absolute atomic E-state index is 12.0. The number of aliphatic hydroxyl groups is 1. The largest absolute Gasteiger partial charge is 0.388 e. The molecule has 2 N–H and O–H groups in total. The molecule has 0 aromatic heterocycles. The van der Waals surface area contributed by atoms with E-state index in [1.807, 2.05) is 24.3 Å². The minimum absolute atomic E-state index is 0.107. The number of rotatable bonds is 6. The lowest BCUT2D eigenvalue weighted by Gasteiger charge is -2.23. The summed E-state index contributed by atoms with van der Waals surface area (Å²) < 4.78 is 0. The molecule has 2 rings (SSSR count). The summed E-state index contributed by atoms with van der Waals surface area (Å²) in [5, 5.41) is 13.0. The van der Waals surface area contributed by atoms with Crippen LogP contribution in [-0.4, -0.2) is 23.2 Å². The summed E-state index contributed by atoms with van der Waals surface area (Å²) in [4.78, 5) is 12.0. The van der Waals surface area contributed by atoms with E-state index in [2.05, 4.69) is 12.2 Å². The van der Waals surface area contributed by atoms with Crippen LogP contribution in [0.2, 0.25) is 0 Å². The standard InChI is InChI=1S/C16H23NO2/c1-3-4-12-5-7-13(8-6-12)15(18)17-11-16(2,19)14-9-10-14/h5-8,14,19H,3-4,9-11H2,1-2H3,(H,17,18). The Balaban J connectivity index is 1.88. The normalized spacial score (nSPS) is 17.8. The van der Waals surface area contributed by atoms with Crippen molar-refractivity contribution in [3.63, 3.8) is 0 Å². The summed E-state index contributed by atoms with van der Waals surface area (Å²) in [5.74, 6) is 0.240. The van der Waals surface area contributed by atoms with Crippen LogP contribution in [0.15, 0.2) is 24.3 Å². The highest BCUT2D eigenvalue weighted by atomic mass is 16.3. The molecule has 3 heteroatoms. The van der Waals surface area contributed by atoms with Crippen LogP contribution in [-0.2, 0) is 6.42 Å². The molecule has 1 aliphatic carbocycles. The SMILES string of the molecule is CCCc1ccc(C(=O)NCC(C)(O)C2CC2)cc1. The minimum atomic E-state index is -0.766. The molecule has 0 heterocycles. The smallest absolute Gasteiger partial charge is 0.251 e. The molecule has 1 aromatic rings. The van der Waals surface area contributed by atoms with Gasteiger partial charge in [0.15, 0.2) is 0 Å². The van der Waals surface area contributed by atoms with Crippen molar-refractivity contribution in [1.82, 2.24) is 5.32 Å². The quantitative estimate of drug-likeness (QED) is 0.826. The van der Waals surface area contributed by atoms with E-state index < -0.39 is 5.60 Å². The molecular weight excluding hydrogens is 238 g/mol. The highest BCUT2D eigenvalue weighted by molar-refractivity contribution is 5.94. The molecule has 0 spiro atoms. The molecule has 1 saturated carbocycles. The second-order valence-electron chi connectivity index (χ2n) is 5.76. The molecular formula is C16H23NO2. The van der Waals surface area contributed by atoms with Crippen LogP contribution in [0.5, 0.6) is 0 Å². The number of aryl methyl sites for hydroxylation is 1. The summed E-state index contributed by atoms with van der Waals surface area (Å²) in [5.41, 5.74) is 1.15. The zero-order chi connectivity index (χ0) is 13.9. The van der Waals surface area contributed by atoms with Gasteiger partial charge < -0.3 is 10.4 Å². The van der Waals surface area contributed by atoms with Gasteiger partial charge in [-0.1, -0.05) is 25.5 Å². The van der Waals surface area contributed by atoms with Crippen molar-refractivity contribution in [2.45, 2.75) is 45.1 Å². The van der Waals surface area contributed by atoms with E-state index in [-0.39, 0.29) is 5.91 Å². The minimum Gasteiger partial charge on any atom is -0.388 e. The summed E-state index contributed by atoms with van der Waals surface area (Å²) in [6.45, 7) is 4.27. The summed E-state index contributed by atoms with van der Waals surface area (Å²) >= 11 is 0. The fourth-order valence-electron chi connectivity index (χ4n) is 2.32. The van der Waals surface area contributed by atoms with Gasteiger partial charge in [-0.05, 0) is 49.8 Å². The third-order valence-electron chi connectivity index (χ3n) is 3.82. The van der Waals surface area contributed by atoms with Crippen molar-refractivity contribution in [2.24, 2.45) is 5.92 Å². The van der Waals surface area contributed by atoms with E-state index in [0.29, 0.717) is 18.0 Å². The molecule has 3 nitrogen and oxygen atoms in total. The molecule has 1 atom stereocenters. The lowest BCUT2D eigenvalue weighted by atomic mass is 10.0. The predicted octanol–water partition coefficient (Wildman–Crippen LogP) is 2.53. The van der Waals surface area contributed by atoms with Gasteiger partial charge >= 0.3 is 0 Å². The van der Waals surface area contributed by atoms with Crippen molar-refractivity contribution < 1.29 is 9.90 Å². The first kappa shape index (κ1) is 14.1. The Hall–Kier alpha value is -1.35. The highest BCUT2D eigenvalue weighted by Crippen LogP contribution is 2.39. The topological polar surface area (TPSA) is 49.3 Å². The monoisotopic (exact) mass is 261 g/mol. The third-order valence-corrected chi connectivity index (χ3v) is 3.82. The molecule has 104 valence electrons. The fourth-order valence-corrected chi connectivity index (χ4v) is 2.32. The van der Waals surface area contributed by atoms with E-state index in [1.54, 1.807) is 6.92 Å². The molecule has 1 unspecified atom stereocenters. The third kappa shape index (κ3) is 3.80. The van der Waals surface area contributed by atoms with Crippen LogP contribution >= 0.6 is 0 Å². The van der Waals surface area contributed by atoms with Gasteiger partial charge in [0.1, 0.15) is 0 Å². The molecule has 1 aromatic carbocycles. The van der Waals surface area contributed by atoms with E-state index in [1.165, 1.54) is 5.56 Å². The van der Waals surface area contributed by atoms with Gasteiger partial charge in [0, 0.05) is 12.1 Å². The number of nitrogens with one attached hydrogen (secondary N) is 1. The van der Waals surface area contributed by atoms with Crippen LogP contribution in [0, 0.1) is 5.92 Å². The van der Waals surface area contributed by atoms with Gasteiger partial charge in [0.2, 0.25) is 0 Å². The molecule has 1 fully saturated rings. The molecule has 19 heavy (non-hydrogen) atoms. The Morgan fingerprint density at radius 3 is 2.53 bits per heavy atom. The lowest BCUT2D eigenvalue weighted by molar-refractivity contribution is 0.0354. The second-order valence-corrected chi connectivity index (χ2v) is 5.76. The average Bonchev–Trinajstić information content (AvgIpc) is 3.22. The van der Waals surface area contributed by atoms with E-state index in [9.17, 15) is 9.90 Å². The van der Waals surface area contributed by atoms with Gasteiger partial charge in [-0.25, -0.2) is 0 Å². The Labute approximate surface area is 115 Å². The van der Waals surface area contributed by atoms with E-state index in [0.717, 1.165) is 25.7 Å². The second kappa shape index (κ2) is 5.74. The Morgan fingerprint density at radius 2 is 2.00 bits per heavy atom. The maximum atomic E-state index is 12.0. The van der Waals surface area contributed by atoms with Crippen LogP contribution in [0.3, 0.4) is 0 Å². The van der Waals surface area contributed by atoms with Gasteiger partial charge in [-0.2, -0.15) is 0 Å². The van der Waals surface area contributed by atoms with E-state index in [4.69, 9.17) is 0 Å². The predicted molar refractivity (Wildman–Crippen MR) is 76.1 cm³/mol. The zero-order valence-corrected chi connectivity index (χ0v) is 11.8. The summed E-state index contributed by atoms with van der Waals surface area (Å²) in [6, 6.07) is 7.70. The molecule has 0 aliphatic heterocycles. The van der Waals surface area contributed by atoms with Crippen molar-refractivity contribution in [3.8, 4) is 0 Å². The molecule has 1 aliphatic rings. The van der Waals surface area contributed by atoms with E-state index >= 15 is 0 Å². The first-order chi connectivity index (χ1) is 9.03. The number of hydrogen-bond donors (Lipinski definition) is 2. The van der Waals surface area contributed by atoms with Crippen LogP contribution in [0.4, 0.5) is 0 Å². The summed E-state index contributed by atoms with van der Waals surface area (Å²) in [6.07, 6.45) is 4.28. The van der Waals surface area contributed by atoms with Crippen molar-refractivity contribution in [2.75, 3.05) is 6.54 Å². The Kier molecular flexibility index (Phi) is 4.25. The van der Waals surface area contributed by atoms with Gasteiger partial charge in [0.05, 0.1) is 5.60 Å². The molecule has 0 bridgehead atoms. The summed E-state index contributed by atoms with van der Waals surface area (Å²) in [7, 11) is 0. The number of carbonyl (C=O) groups is 1. The molecule has 0 radical (unpaired) electrons. The van der Waals surface area contributed by atoms with Crippen LogP contribution in [0.25, 0.3) is 0 Å². The van der Waals surface area contributed by atoms with Gasteiger partial charge in [-0.3, -0.25) is 4.79 Å². The van der Waals surface area contributed by atoms with Crippen LogP contribution in [0.1, 0.15) is 49.0 Å². The first-order valence-electron chi connectivity index (χ1n) is 7.12.